The van der Waals surface area contributed by atoms with E-state index < -0.39 is 0 Å². The van der Waals surface area contributed by atoms with Crippen molar-refractivity contribution >= 4 is 11.3 Å². The summed E-state index contributed by atoms with van der Waals surface area (Å²) < 4.78 is 5.93. The summed E-state index contributed by atoms with van der Waals surface area (Å²) in [6.07, 6.45) is 2.94. The molecule has 0 radical (unpaired) electrons. The van der Waals surface area contributed by atoms with E-state index in [0.717, 1.165) is 13.2 Å². The summed E-state index contributed by atoms with van der Waals surface area (Å²) in [6, 6.07) is 2.30. The first kappa shape index (κ1) is 8.89. The molecule has 2 aliphatic rings. The number of thiophene rings is 1. The minimum absolute atomic E-state index is 0.293. The number of ether oxygens (including phenoxy) is 1. The number of rotatable bonds is 2. The molecule has 2 heterocycles. The summed E-state index contributed by atoms with van der Waals surface area (Å²) in [4.78, 5) is 1.46. The Morgan fingerprint density at radius 2 is 2.50 bits per heavy atom. The van der Waals surface area contributed by atoms with Crippen molar-refractivity contribution in [3.8, 4) is 0 Å². The van der Waals surface area contributed by atoms with Crippen molar-refractivity contribution in [2.75, 3.05) is 20.2 Å². The van der Waals surface area contributed by atoms with Crippen LogP contribution < -0.4 is 5.32 Å². The second-order valence-corrected chi connectivity index (χ2v) is 5.28. The van der Waals surface area contributed by atoms with Crippen molar-refractivity contribution in [2.24, 2.45) is 0 Å². The van der Waals surface area contributed by atoms with Gasteiger partial charge in [0.05, 0.1) is 6.61 Å². The second kappa shape index (κ2) is 3.05. The Morgan fingerprint density at radius 1 is 1.64 bits per heavy atom. The third-order valence-electron chi connectivity index (χ3n) is 3.36. The van der Waals surface area contributed by atoms with Crippen LogP contribution in [0.2, 0.25) is 0 Å². The van der Waals surface area contributed by atoms with Gasteiger partial charge in [0.2, 0.25) is 0 Å². The maximum Gasteiger partial charge on any atom is 0.104 e. The van der Waals surface area contributed by atoms with E-state index in [0.29, 0.717) is 11.5 Å². The molecule has 0 amide bonds. The van der Waals surface area contributed by atoms with Crippen LogP contribution in [-0.2, 0) is 10.2 Å². The Bertz CT molecular complexity index is 343. The molecule has 1 aliphatic carbocycles. The molecule has 3 rings (SSSR count). The standard InChI is InChI=1S/C11H15NOS/c1-12-6-9-10-8(2-5-14-10)11(3-4-11)7-13-9/h2,5,9,12H,3-4,6-7H2,1H3. The molecule has 1 fully saturated rings. The van der Waals surface area contributed by atoms with Crippen LogP contribution in [0.15, 0.2) is 11.4 Å². The molecular formula is C11H15NOS. The fraction of sp³-hybridized carbons (Fsp3) is 0.636. The lowest BCUT2D eigenvalue weighted by molar-refractivity contribution is 0.0261. The summed E-state index contributed by atoms with van der Waals surface area (Å²) >= 11 is 1.85. The van der Waals surface area contributed by atoms with Crippen LogP contribution in [0.1, 0.15) is 29.4 Å². The van der Waals surface area contributed by atoms with Gasteiger partial charge in [0.1, 0.15) is 6.10 Å². The van der Waals surface area contributed by atoms with Crippen molar-refractivity contribution in [2.45, 2.75) is 24.4 Å². The zero-order valence-corrected chi connectivity index (χ0v) is 9.19. The Labute approximate surface area is 88.3 Å². The van der Waals surface area contributed by atoms with E-state index in [4.69, 9.17) is 4.74 Å². The third kappa shape index (κ3) is 1.16. The number of hydrogen-bond donors (Lipinski definition) is 1. The lowest BCUT2D eigenvalue weighted by Gasteiger charge is -2.29. The highest BCUT2D eigenvalue weighted by Crippen LogP contribution is 2.55. The molecule has 76 valence electrons. The summed E-state index contributed by atoms with van der Waals surface area (Å²) in [5.74, 6) is 0. The average molecular weight is 209 g/mol. The SMILES string of the molecule is CNCC1OCC2(CC2)c2ccsc21. The Hall–Kier alpha value is -0.380. The van der Waals surface area contributed by atoms with Gasteiger partial charge in [0.25, 0.3) is 0 Å². The van der Waals surface area contributed by atoms with Crippen LogP contribution in [0.4, 0.5) is 0 Å². The van der Waals surface area contributed by atoms with E-state index in [1.165, 1.54) is 17.7 Å². The number of nitrogens with one attached hydrogen (secondary N) is 1. The van der Waals surface area contributed by atoms with Crippen molar-refractivity contribution < 1.29 is 4.74 Å². The molecule has 0 aromatic carbocycles. The van der Waals surface area contributed by atoms with Gasteiger partial charge in [-0.05, 0) is 36.9 Å². The zero-order chi connectivity index (χ0) is 9.60. The van der Waals surface area contributed by atoms with Crippen molar-refractivity contribution in [1.82, 2.24) is 5.32 Å². The highest BCUT2D eigenvalue weighted by atomic mass is 32.1. The van der Waals surface area contributed by atoms with Crippen LogP contribution in [0, 0.1) is 0 Å². The maximum absolute atomic E-state index is 5.93. The minimum atomic E-state index is 0.293. The van der Waals surface area contributed by atoms with Gasteiger partial charge < -0.3 is 10.1 Å². The lowest BCUT2D eigenvalue weighted by atomic mass is 9.93. The van der Waals surface area contributed by atoms with Crippen LogP contribution >= 0.6 is 11.3 Å². The van der Waals surface area contributed by atoms with E-state index >= 15 is 0 Å². The highest BCUT2D eigenvalue weighted by molar-refractivity contribution is 7.10. The monoisotopic (exact) mass is 209 g/mol. The molecule has 0 bridgehead atoms. The molecule has 1 unspecified atom stereocenters. The molecule has 1 saturated carbocycles. The van der Waals surface area contributed by atoms with Crippen molar-refractivity contribution in [1.29, 1.82) is 0 Å². The van der Waals surface area contributed by atoms with E-state index in [-0.39, 0.29) is 0 Å². The fourth-order valence-corrected chi connectivity index (χ4v) is 3.39. The predicted octanol–water partition coefficient (Wildman–Crippen LogP) is 2.07. The molecule has 0 saturated heterocycles. The normalized spacial score (nSPS) is 27.6. The van der Waals surface area contributed by atoms with E-state index in [1.807, 2.05) is 18.4 Å². The maximum atomic E-state index is 5.93. The number of fused-ring (bicyclic) bond motifs is 2. The van der Waals surface area contributed by atoms with Gasteiger partial charge in [-0.3, -0.25) is 0 Å². The smallest absolute Gasteiger partial charge is 0.104 e. The average Bonchev–Trinajstić information content (AvgIpc) is 2.78. The zero-order valence-electron chi connectivity index (χ0n) is 8.38. The van der Waals surface area contributed by atoms with Crippen LogP contribution in [0.5, 0.6) is 0 Å². The Balaban J connectivity index is 1.96. The van der Waals surface area contributed by atoms with Gasteiger partial charge in [0, 0.05) is 16.8 Å². The van der Waals surface area contributed by atoms with Crippen LogP contribution in [0.3, 0.4) is 0 Å². The summed E-state index contributed by atoms with van der Waals surface area (Å²) in [7, 11) is 1.98. The molecule has 1 aromatic heterocycles. The quantitative estimate of drug-likeness (QED) is 0.805. The molecule has 2 nitrogen and oxygen atoms in total. The molecule has 1 aliphatic heterocycles. The molecule has 1 aromatic rings. The first-order chi connectivity index (χ1) is 6.86. The number of hydrogen-bond acceptors (Lipinski definition) is 3. The first-order valence-electron chi connectivity index (χ1n) is 5.20. The van der Waals surface area contributed by atoms with Gasteiger partial charge in [-0.15, -0.1) is 11.3 Å². The molecule has 1 N–H and O–H groups in total. The van der Waals surface area contributed by atoms with E-state index in [1.54, 1.807) is 5.56 Å². The third-order valence-corrected chi connectivity index (χ3v) is 4.37. The number of likely N-dealkylation sites (N-methyl/N-ethyl adjacent to an activating group) is 1. The summed E-state index contributed by atoms with van der Waals surface area (Å²) in [5, 5.41) is 5.41. The van der Waals surface area contributed by atoms with Gasteiger partial charge in [-0.25, -0.2) is 0 Å². The fourth-order valence-electron chi connectivity index (χ4n) is 2.32. The molecule has 14 heavy (non-hydrogen) atoms. The van der Waals surface area contributed by atoms with Gasteiger partial charge in [-0.2, -0.15) is 0 Å². The molecular weight excluding hydrogens is 194 g/mol. The topological polar surface area (TPSA) is 21.3 Å². The Kier molecular flexibility index (Phi) is 1.94. The second-order valence-electron chi connectivity index (χ2n) is 4.34. The predicted molar refractivity (Wildman–Crippen MR) is 57.9 cm³/mol. The van der Waals surface area contributed by atoms with Gasteiger partial charge in [-0.1, -0.05) is 0 Å². The van der Waals surface area contributed by atoms with E-state index in [9.17, 15) is 0 Å². The van der Waals surface area contributed by atoms with Gasteiger partial charge >= 0.3 is 0 Å². The van der Waals surface area contributed by atoms with E-state index in [2.05, 4.69) is 16.8 Å². The van der Waals surface area contributed by atoms with Crippen LogP contribution in [0.25, 0.3) is 0 Å². The minimum Gasteiger partial charge on any atom is -0.370 e. The molecule has 1 atom stereocenters. The lowest BCUT2D eigenvalue weighted by Crippen LogP contribution is -2.29. The molecule has 3 heteroatoms. The molecule has 1 spiro atoms. The largest absolute Gasteiger partial charge is 0.370 e. The van der Waals surface area contributed by atoms with Crippen LogP contribution in [-0.4, -0.2) is 20.2 Å². The Morgan fingerprint density at radius 3 is 3.21 bits per heavy atom. The highest BCUT2D eigenvalue weighted by Gasteiger charge is 2.50. The summed E-state index contributed by atoms with van der Waals surface area (Å²) in [6.45, 7) is 1.87. The van der Waals surface area contributed by atoms with Gasteiger partial charge in [0.15, 0.2) is 0 Å². The van der Waals surface area contributed by atoms with Crippen molar-refractivity contribution in [3.05, 3.63) is 21.9 Å². The summed E-state index contributed by atoms with van der Waals surface area (Å²) in [5.41, 5.74) is 2.01. The van der Waals surface area contributed by atoms with Crippen molar-refractivity contribution in [3.63, 3.8) is 0 Å². The first-order valence-corrected chi connectivity index (χ1v) is 6.08.